The smallest absolute Gasteiger partial charge is 0.269 e. The maximum absolute atomic E-state index is 15.8. The van der Waals surface area contributed by atoms with Crippen LogP contribution >= 0.6 is 0 Å². The van der Waals surface area contributed by atoms with Crippen LogP contribution < -0.4 is 4.90 Å². The summed E-state index contributed by atoms with van der Waals surface area (Å²) in [4.78, 5) is 14.2. The van der Waals surface area contributed by atoms with Crippen LogP contribution in [0.1, 0.15) is 45.2 Å². The molecule has 10 nitrogen and oxygen atoms in total. The number of aromatic nitrogens is 5. The maximum Gasteiger partial charge on any atom is 0.269 e. The molecule has 0 saturated carbocycles. The molecule has 0 aliphatic carbocycles. The fourth-order valence-corrected chi connectivity index (χ4v) is 8.36. The molecule has 0 bridgehead atoms. The summed E-state index contributed by atoms with van der Waals surface area (Å²) in [5.74, 6) is -0.344. The Balaban J connectivity index is 1.31. The van der Waals surface area contributed by atoms with Gasteiger partial charge in [0.25, 0.3) is 10.0 Å². The van der Waals surface area contributed by atoms with E-state index in [0.717, 1.165) is 43.6 Å². The first kappa shape index (κ1) is 31.5. The minimum absolute atomic E-state index is 0.00590. The highest BCUT2D eigenvalue weighted by atomic mass is 32.2. The molecule has 5 aromatic rings. The third kappa shape index (κ3) is 5.94. The Bertz CT molecular complexity index is 1990. The van der Waals surface area contributed by atoms with E-state index in [0.29, 0.717) is 41.1 Å². The van der Waals surface area contributed by atoms with Crippen molar-refractivity contribution >= 4 is 26.9 Å². The van der Waals surface area contributed by atoms with Gasteiger partial charge < -0.3 is 14.5 Å². The molecule has 0 N–H and O–H groups in total. The first-order valence-electron chi connectivity index (χ1n) is 16.3. The molecule has 0 radical (unpaired) electrons. The molecule has 3 aromatic heterocycles. The Morgan fingerprint density at radius 3 is 2.38 bits per heavy atom. The van der Waals surface area contributed by atoms with Crippen molar-refractivity contribution in [2.24, 2.45) is 0 Å². The fraction of sp³-hybridized carbons (Fsp3) is 0.400. The second kappa shape index (κ2) is 12.5. The second-order valence-corrected chi connectivity index (χ2v) is 14.6. The van der Waals surface area contributed by atoms with Crippen molar-refractivity contribution in [3.8, 4) is 22.4 Å². The number of rotatable bonds is 7. The quantitative estimate of drug-likeness (QED) is 0.213. The SMILES string of the molecule is CCN1CCC(n2cc(-c3cn(S(=O)(=O)c4ccccc4)c4ncc(-c5cc(C)c(N6CC(C)OC(C)C6)c(F)c5)nc34)cn2)CC1. The van der Waals surface area contributed by atoms with E-state index < -0.39 is 10.0 Å². The molecular weight excluding hydrogens is 617 g/mol. The highest BCUT2D eigenvalue weighted by molar-refractivity contribution is 7.90. The number of hydrogen-bond acceptors (Lipinski definition) is 8. The van der Waals surface area contributed by atoms with E-state index in [-0.39, 0.29) is 34.6 Å². The molecule has 2 unspecified atom stereocenters. The molecule has 2 fully saturated rings. The predicted molar refractivity (Wildman–Crippen MR) is 181 cm³/mol. The lowest BCUT2D eigenvalue weighted by Gasteiger charge is -2.37. The summed E-state index contributed by atoms with van der Waals surface area (Å²) in [6, 6.07) is 11.9. The third-order valence-corrected chi connectivity index (χ3v) is 11.0. The number of hydrogen-bond donors (Lipinski definition) is 0. The molecule has 0 amide bonds. The lowest BCUT2D eigenvalue weighted by molar-refractivity contribution is -0.00542. The van der Waals surface area contributed by atoms with Crippen molar-refractivity contribution in [3.05, 3.63) is 78.6 Å². The van der Waals surface area contributed by atoms with Crippen LogP contribution in [0.5, 0.6) is 0 Å². The monoisotopic (exact) mass is 657 g/mol. The van der Waals surface area contributed by atoms with Gasteiger partial charge in [-0.3, -0.25) is 4.68 Å². The Morgan fingerprint density at radius 1 is 0.979 bits per heavy atom. The van der Waals surface area contributed by atoms with Crippen LogP contribution in [0.2, 0.25) is 0 Å². The van der Waals surface area contributed by atoms with Gasteiger partial charge in [-0.15, -0.1) is 0 Å². The minimum atomic E-state index is -3.99. The van der Waals surface area contributed by atoms with Crippen LogP contribution in [0, 0.1) is 12.7 Å². The molecule has 2 aromatic carbocycles. The number of likely N-dealkylation sites (tertiary alicyclic amines) is 1. The lowest BCUT2D eigenvalue weighted by atomic mass is 10.0. The molecule has 0 spiro atoms. The van der Waals surface area contributed by atoms with Crippen LogP contribution in [0.4, 0.5) is 10.1 Å². The normalized spacial score (nSPS) is 19.9. The van der Waals surface area contributed by atoms with Gasteiger partial charge >= 0.3 is 0 Å². The number of benzene rings is 2. The Labute approximate surface area is 274 Å². The van der Waals surface area contributed by atoms with Gasteiger partial charge in [0.15, 0.2) is 5.65 Å². The summed E-state index contributed by atoms with van der Waals surface area (Å²) in [5, 5.41) is 4.70. The standard InChI is InChI=1S/C35H40FN7O3S/c1-5-40-13-11-28(12-14-40)42-21-27(17-38-42)30-22-43(47(44,45)29-9-7-6-8-10-29)35-33(30)39-32(18-37-35)26-15-23(2)34(31(36)16-26)41-19-24(3)46-25(4)20-41/h6-10,15-18,21-22,24-25,28H,5,11-14,19-20H2,1-4H3. The molecule has 7 rings (SSSR count). The summed E-state index contributed by atoms with van der Waals surface area (Å²) < 4.78 is 52.7. The lowest BCUT2D eigenvalue weighted by Crippen LogP contribution is -2.46. The van der Waals surface area contributed by atoms with E-state index in [2.05, 4.69) is 16.8 Å². The number of piperidine rings is 1. The Morgan fingerprint density at radius 2 is 1.70 bits per heavy atom. The van der Waals surface area contributed by atoms with Gasteiger partial charge in [0.1, 0.15) is 11.3 Å². The summed E-state index contributed by atoms with van der Waals surface area (Å²) >= 11 is 0. The Hall–Kier alpha value is -4.13. The number of fused-ring (bicyclic) bond motifs is 1. The predicted octanol–water partition coefficient (Wildman–Crippen LogP) is 5.92. The highest BCUT2D eigenvalue weighted by Crippen LogP contribution is 2.36. The minimum Gasteiger partial charge on any atom is -0.372 e. The Kier molecular flexibility index (Phi) is 8.35. The van der Waals surface area contributed by atoms with Crippen molar-refractivity contribution in [2.45, 2.75) is 63.7 Å². The average Bonchev–Trinajstić information content (AvgIpc) is 3.70. The fourth-order valence-electron chi connectivity index (χ4n) is 7.03. The van der Waals surface area contributed by atoms with Crippen LogP contribution in [0.3, 0.4) is 0 Å². The molecule has 47 heavy (non-hydrogen) atoms. The van der Waals surface area contributed by atoms with E-state index in [1.54, 1.807) is 42.7 Å². The van der Waals surface area contributed by atoms with Crippen molar-refractivity contribution < 1.29 is 17.5 Å². The van der Waals surface area contributed by atoms with Crippen LogP contribution in [0.15, 0.2) is 72.1 Å². The molecule has 2 aliphatic rings. The van der Waals surface area contributed by atoms with Gasteiger partial charge in [-0.2, -0.15) is 5.10 Å². The van der Waals surface area contributed by atoms with Gasteiger partial charge in [0.05, 0.1) is 46.9 Å². The zero-order valence-electron chi connectivity index (χ0n) is 27.2. The molecule has 2 atom stereocenters. The number of morpholine rings is 1. The van der Waals surface area contributed by atoms with Crippen molar-refractivity contribution in [1.82, 2.24) is 28.6 Å². The van der Waals surface area contributed by atoms with E-state index in [4.69, 9.17) is 14.8 Å². The molecule has 246 valence electrons. The van der Waals surface area contributed by atoms with Crippen LogP contribution in [-0.2, 0) is 14.8 Å². The first-order valence-corrected chi connectivity index (χ1v) is 17.7. The summed E-state index contributed by atoms with van der Waals surface area (Å²) in [7, 11) is -3.99. The largest absolute Gasteiger partial charge is 0.372 e. The van der Waals surface area contributed by atoms with Gasteiger partial charge in [-0.25, -0.2) is 26.7 Å². The average molecular weight is 658 g/mol. The highest BCUT2D eigenvalue weighted by Gasteiger charge is 2.28. The van der Waals surface area contributed by atoms with Crippen LogP contribution in [0.25, 0.3) is 33.5 Å². The van der Waals surface area contributed by atoms with Crippen molar-refractivity contribution in [1.29, 1.82) is 0 Å². The van der Waals surface area contributed by atoms with Gasteiger partial charge in [-0.1, -0.05) is 25.1 Å². The van der Waals surface area contributed by atoms with Gasteiger partial charge in [0, 0.05) is 55.3 Å². The number of ether oxygens (including phenoxy) is 1. The molecule has 12 heteroatoms. The second-order valence-electron chi connectivity index (χ2n) is 12.7. The molecule has 2 aliphatic heterocycles. The van der Waals surface area contributed by atoms with Crippen molar-refractivity contribution in [2.75, 3.05) is 37.6 Å². The third-order valence-electron chi connectivity index (χ3n) is 9.34. The van der Waals surface area contributed by atoms with E-state index in [1.807, 2.05) is 42.6 Å². The number of aryl methyl sites for hydroxylation is 1. The topological polar surface area (TPSA) is 98.4 Å². The summed E-state index contributed by atoms with van der Waals surface area (Å²) in [6.07, 6.45) is 8.80. The van der Waals surface area contributed by atoms with E-state index in [1.165, 1.54) is 16.2 Å². The number of nitrogens with zero attached hydrogens (tertiary/aromatic N) is 7. The van der Waals surface area contributed by atoms with E-state index in [9.17, 15) is 8.42 Å². The zero-order chi connectivity index (χ0) is 32.9. The van der Waals surface area contributed by atoms with Crippen LogP contribution in [-0.4, -0.2) is 82.0 Å². The first-order chi connectivity index (χ1) is 22.6. The van der Waals surface area contributed by atoms with Gasteiger partial charge in [-0.05, 0) is 70.0 Å². The number of anilines is 1. The van der Waals surface area contributed by atoms with Crippen molar-refractivity contribution in [3.63, 3.8) is 0 Å². The summed E-state index contributed by atoms with van der Waals surface area (Å²) in [6.45, 7) is 12.3. The summed E-state index contributed by atoms with van der Waals surface area (Å²) in [5.41, 5.74) is 4.29. The van der Waals surface area contributed by atoms with Gasteiger partial charge in [0.2, 0.25) is 0 Å². The molecule has 5 heterocycles. The maximum atomic E-state index is 15.8. The number of halogens is 1. The molecule has 2 saturated heterocycles. The zero-order valence-corrected chi connectivity index (χ0v) is 28.0. The van der Waals surface area contributed by atoms with E-state index >= 15 is 4.39 Å². The molecular formula is C35H40FN7O3S.